The van der Waals surface area contributed by atoms with Crippen LogP contribution in [0.3, 0.4) is 0 Å². The van der Waals surface area contributed by atoms with Gasteiger partial charge in [0.15, 0.2) is 0 Å². The third-order valence-electron chi connectivity index (χ3n) is 4.23. The quantitative estimate of drug-likeness (QED) is 0.914. The molecular formula is C15H19N3O. The molecule has 1 heterocycles. The minimum absolute atomic E-state index is 0.204. The van der Waals surface area contributed by atoms with Crippen molar-refractivity contribution in [1.29, 1.82) is 0 Å². The molecule has 1 aliphatic rings. The van der Waals surface area contributed by atoms with Crippen molar-refractivity contribution in [2.45, 2.75) is 32.6 Å². The summed E-state index contributed by atoms with van der Waals surface area (Å²) in [6.07, 6.45) is 4.41. The van der Waals surface area contributed by atoms with Gasteiger partial charge in [-0.1, -0.05) is 35.8 Å². The Morgan fingerprint density at radius 1 is 1.32 bits per heavy atom. The van der Waals surface area contributed by atoms with Crippen molar-refractivity contribution in [3.05, 3.63) is 35.7 Å². The Hall–Kier alpha value is -1.68. The van der Waals surface area contributed by atoms with E-state index in [2.05, 4.69) is 23.1 Å². The summed E-state index contributed by atoms with van der Waals surface area (Å²) in [7, 11) is 0. The molecule has 4 heteroatoms. The lowest BCUT2D eigenvalue weighted by atomic mass is 9.67. The lowest BCUT2D eigenvalue weighted by molar-refractivity contribution is 0.129. The molecule has 0 unspecified atom stereocenters. The predicted octanol–water partition coefficient (Wildman–Crippen LogP) is 2.72. The van der Waals surface area contributed by atoms with Gasteiger partial charge in [-0.25, -0.2) is 0 Å². The van der Waals surface area contributed by atoms with Crippen LogP contribution >= 0.6 is 0 Å². The molecule has 0 bridgehead atoms. The van der Waals surface area contributed by atoms with Gasteiger partial charge in [-0.3, -0.25) is 0 Å². The van der Waals surface area contributed by atoms with E-state index in [-0.39, 0.29) is 5.41 Å². The van der Waals surface area contributed by atoms with Crippen LogP contribution in [-0.4, -0.2) is 16.7 Å². The van der Waals surface area contributed by atoms with Gasteiger partial charge in [0, 0.05) is 12.0 Å². The minimum Gasteiger partial charge on any atom is -0.339 e. The smallest absolute Gasteiger partial charge is 0.227 e. The second kappa shape index (κ2) is 4.78. The molecule has 1 aromatic carbocycles. The second-order valence-electron chi connectivity index (χ2n) is 5.56. The van der Waals surface area contributed by atoms with Gasteiger partial charge in [0.1, 0.15) is 0 Å². The van der Waals surface area contributed by atoms with Gasteiger partial charge in [-0.2, -0.15) is 4.98 Å². The van der Waals surface area contributed by atoms with E-state index in [1.165, 1.54) is 19.3 Å². The normalized spacial score (nSPS) is 17.2. The third-order valence-corrected chi connectivity index (χ3v) is 4.23. The van der Waals surface area contributed by atoms with Gasteiger partial charge >= 0.3 is 0 Å². The largest absolute Gasteiger partial charge is 0.339 e. The van der Waals surface area contributed by atoms with E-state index in [1.807, 2.05) is 18.2 Å². The Morgan fingerprint density at radius 3 is 2.74 bits per heavy atom. The number of nitrogens with zero attached hydrogens (tertiary/aromatic N) is 2. The van der Waals surface area contributed by atoms with Crippen molar-refractivity contribution < 1.29 is 4.52 Å². The summed E-state index contributed by atoms with van der Waals surface area (Å²) < 4.78 is 5.39. The van der Waals surface area contributed by atoms with E-state index in [9.17, 15) is 0 Å². The summed E-state index contributed by atoms with van der Waals surface area (Å²) in [6, 6.07) is 8.08. The highest BCUT2D eigenvalue weighted by Gasteiger charge is 2.37. The van der Waals surface area contributed by atoms with Gasteiger partial charge in [0.25, 0.3) is 0 Å². The predicted molar refractivity (Wildman–Crippen MR) is 73.5 cm³/mol. The Bertz CT molecular complexity index is 567. The molecular weight excluding hydrogens is 238 g/mol. The standard InChI is InChI=1S/C15H19N3O/c1-11-5-2-3-6-12(11)14-17-13(19-18-14)9-15(10-16)7-4-8-15/h2-3,5-6H,4,7-10,16H2,1H3. The zero-order valence-electron chi connectivity index (χ0n) is 11.2. The van der Waals surface area contributed by atoms with Crippen molar-refractivity contribution in [1.82, 2.24) is 10.1 Å². The summed E-state index contributed by atoms with van der Waals surface area (Å²) in [6.45, 7) is 2.76. The SMILES string of the molecule is Cc1ccccc1-c1noc(CC2(CN)CCC2)n1. The maximum atomic E-state index is 5.87. The average Bonchev–Trinajstić information content (AvgIpc) is 2.83. The Labute approximate surface area is 113 Å². The molecule has 0 aliphatic heterocycles. The van der Waals surface area contributed by atoms with Crippen molar-refractivity contribution in [2.24, 2.45) is 11.1 Å². The first-order chi connectivity index (χ1) is 9.22. The van der Waals surface area contributed by atoms with Crippen LogP contribution in [0, 0.1) is 12.3 Å². The molecule has 3 rings (SSSR count). The molecule has 0 saturated heterocycles. The first-order valence-corrected chi connectivity index (χ1v) is 6.81. The second-order valence-corrected chi connectivity index (χ2v) is 5.56. The molecule has 100 valence electrons. The van der Waals surface area contributed by atoms with Crippen LogP contribution in [0.2, 0.25) is 0 Å². The molecule has 19 heavy (non-hydrogen) atoms. The fourth-order valence-corrected chi connectivity index (χ4v) is 2.71. The van der Waals surface area contributed by atoms with Gasteiger partial charge < -0.3 is 10.3 Å². The number of nitrogens with two attached hydrogens (primary N) is 1. The third kappa shape index (κ3) is 2.28. The molecule has 4 nitrogen and oxygen atoms in total. The average molecular weight is 257 g/mol. The van der Waals surface area contributed by atoms with Crippen LogP contribution in [0.4, 0.5) is 0 Å². The monoisotopic (exact) mass is 257 g/mol. The molecule has 1 saturated carbocycles. The van der Waals surface area contributed by atoms with Crippen molar-refractivity contribution in [3.8, 4) is 11.4 Å². The highest BCUT2D eigenvalue weighted by atomic mass is 16.5. The molecule has 1 fully saturated rings. The number of hydrogen-bond donors (Lipinski definition) is 1. The molecule has 2 N–H and O–H groups in total. The highest BCUT2D eigenvalue weighted by Crippen LogP contribution is 2.42. The number of hydrogen-bond acceptors (Lipinski definition) is 4. The zero-order chi connectivity index (χ0) is 13.3. The fourth-order valence-electron chi connectivity index (χ4n) is 2.71. The van der Waals surface area contributed by atoms with E-state index in [4.69, 9.17) is 10.3 Å². The summed E-state index contributed by atoms with van der Waals surface area (Å²) in [5, 5.41) is 4.10. The van der Waals surface area contributed by atoms with Gasteiger partial charge in [-0.15, -0.1) is 0 Å². The van der Waals surface area contributed by atoms with Gasteiger partial charge in [-0.05, 0) is 37.3 Å². The fraction of sp³-hybridized carbons (Fsp3) is 0.467. The molecule has 0 atom stereocenters. The number of aromatic nitrogens is 2. The first-order valence-electron chi connectivity index (χ1n) is 6.81. The lowest BCUT2D eigenvalue weighted by Gasteiger charge is -2.39. The van der Waals surface area contributed by atoms with E-state index in [1.54, 1.807) is 0 Å². The number of aryl methyl sites for hydroxylation is 1. The van der Waals surface area contributed by atoms with E-state index >= 15 is 0 Å². The maximum absolute atomic E-state index is 5.87. The molecule has 0 amide bonds. The van der Waals surface area contributed by atoms with E-state index < -0.39 is 0 Å². The van der Waals surface area contributed by atoms with Crippen LogP contribution in [0.15, 0.2) is 28.8 Å². The lowest BCUT2D eigenvalue weighted by Crippen LogP contribution is -2.39. The van der Waals surface area contributed by atoms with Crippen LogP contribution in [0.25, 0.3) is 11.4 Å². The van der Waals surface area contributed by atoms with Crippen LogP contribution < -0.4 is 5.73 Å². The summed E-state index contributed by atoms with van der Waals surface area (Å²) in [5.41, 5.74) is 8.27. The van der Waals surface area contributed by atoms with Crippen molar-refractivity contribution >= 4 is 0 Å². The summed E-state index contributed by atoms with van der Waals surface area (Å²) >= 11 is 0. The van der Waals surface area contributed by atoms with E-state index in [0.717, 1.165) is 17.5 Å². The number of benzene rings is 1. The Kier molecular flexibility index (Phi) is 3.11. The zero-order valence-corrected chi connectivity index (χ0v) is 11.2. The van der Waals surface area contributed by atoms with Crippen molar-refractivity contribution in [2.75, 3.05) is 6.54 Å². The Morgan fingerprint density at radius 2 is 2.11 bits per heavy atom. The highest BCUT2D eigenvalue weighted by molar-refractivity contribution is 5.58. The maximum Gasteiger partial charge on any atom is 0.227 e. The number of rotatable bonds is 4. The first kappa shape index (κ1) is 12.4. The topological polar surface area (TPSA) is 64.9 Å². The van der Waals surface area contributed by atoms with Crippen LogP contribution in [0.1, 0.15) is 30.7 Å². The molecule has 1 aromatic heterocycles. The van der Waals surface area contributed by atoms with Crippen LogP contribution in [0.5, 0.6) is 0 Å². The summed E-state index contributed by atoms with van der Waals surface area (Å²) in [5.74, 6) is 1.39. The van der Waals surface area contributed by atoms with Gasteiger partial charge in [0.2, 0.25) is 11.7 Å². The molecule has 0 spiro atoms. The van der Waals surface area contributed by atoms with Crippen LogP contribution in [-0.2, 0) is 6.42 Å². The van der Waals surface area contributed by atoms with Gasteiger partial charge in [0.05, 0.1) is 0 Å². The molecule has 0 radical (unpaired) electrons. The molecule has 2 aromatic rings. The minimum atomic E-state index is 0.204. The molecule has 1 aliphatic carbocycles. The van der Waals surface area contributed by atoms with E-state index in [0.29, 0.717) is 18.3 Å². The Balaban J connectivity index is 1.82. The summed E-state index contributed by atoms with van der Waals surface area (Å²) in [4.78, 5) is 4.52. The van der Waals surface area contributed by atoms with Crippen molar-refractivity contribution in [3.63, 3.8) is 0 Å².